The average Bonchev–Trinajstić information content (AvgIpc) is 2.87. The average molecular weight is 443 g/mol. The van der Waals surface area contributed by atoms with E-state index in [9.17, 15) is 9.90 Å². The molecule has 0 heterocycles. The van der Waals surface area contributed by atoms with Gasteiger partial charge in [-0.05, 0) is 65.2 Å². The van der Waals surface area contributed by atoms with Crippen LogP contribution in [0.3, 0.4) is 0 Å². The first-order chi connectivity index (χ1) is 16.0. The fourth-order valence-electron chi connectivity index (χ4n) is 3.14. The summed E-state index contributed by atoms with van der Waals surface area (Å²) in [6.07, 6.45) is 6.38. The van der Waals surface area contributed by atoms with E-state index in [4.69, 9.17) is 14.2 Å². The van der Waals surface area contributed by atoms with Crippen molar-refractivity contribution in [3.05, 3.63) is 107 Å². The minimum Gasteiger partial charge on any atom is -0.507 e. The maximum atomic E-state index is 13.2. The Kier molecular flexibility index (Phi) is 8.08. The molecule has 3 rings (SSSR count). The van der Waals surface area contributed by atoms with Gasteiger partial charge in [0.25, 0.3) is 0 Å². The normalized spacial score (nSPS) is 12.0. The molecule has 0 saturated carbocycles. The smallest absolute Gasteiger partial charge is 0.190 e. The molecule has 5 nitrogen and oxygen atoms in total. The number of methoxy groups -OCH3 is 3. The highest BCUT2D eigenvalue weighted by atomic mass is 16.5. The maximum absolute atomic E-state index is 13.2. The Morgan fingerprint density at radius 3 is 1.73 bits per heavy atom. The SMILES string of the molecule is COc1ccc(/C=C/C(=O)/C(=C(O)/C=C/c2ccc(OC)cc2)c2cccc(OC)c2)cc1. The molecule has 0 fully saturated rings. The first kappa shape index (κ1) is 23.4. The Hall–Kier alpha value is -4.25. The molecule has 168 valence electrons. The second-order valence-corrected chi connectivity index (χ2v) is 7.07. The highest BCUT2D eigenvalue weighted by molar-refractivity contribution is 6.28. The second-order valence-electron chi connectivity index (χ2n) is 7.07. The summed E-state index contributed by atoms with van der Waals surface area (Å²) in [6.45, 7) is 0. The zero-order chi connectivity index (χ0) is 23.6. The summed E-state index contributed by atoms with van der Waals surface area (Å²) in [6, 6.07) is 21.7. The summed E-state index contributed by atoms with van der Waals surface area (Å²) < 4.78 is 15.6. The Morgan fingerprint density at radius 2 is 1.21 bits per heavy atom. The maximum Gasteiger partial charge on any atom is 0.190 e. The van der Waals surface area contributed by atoms with Gasteiger partial charge in [0.15, 0.2) is 5.78 Å². The van der Waals surface area contributed by atoms with E-state index in [-0.39, 0.29) is 17.1 Å². The number of aliphatic hydroxyl groups excluding tert-OH is 1. The molecule has 3 aromatic carbocycles. The predicted molar refractivity (Wildman–Crippen MR) is 132 cm³/mol. The number of carbonyl (C=O) groups excluding carboxylic acids is 1. The van der Waals surface area contributed by atoms with Gasteiger partial charge in [-0.15, -0.1) is 0 Å². The minimum atomic E-state index is -0.337. The van der Waals surface area contributed by atoms with Gasteiger partial charge in [-0.2, -0.15) is 0 Å². The van der Waals surface area contributed by atoms with E-state index in [1.165, 1.54) is 12.2 Å². The van der Waals surface area contributed by atoms with E-state index in [0.717, 1.165) is 22.6 Å². The van der Waals surface area contributed by atoms with Crippen LogP contribution in [0.5, 0.6) is 17.2 Å². The third kappa shape index (κ3) is 6.37. The lowest BCUT2D eigenvalue weighted by atomic mass is 9.98. The minimum absolute atomic E-state index is 0.150. The topological polar surface area (TPSA) is 65.0 Å². The van der Waals surface area contributed by atoms with Crippen molar-refractivity contribution in [2.45, 2.75) is 0 Å². The van der Waals surface area contributed by atoms with E-state index >= 15 is 0 Å². The number of ether oxygens (including phenoxy) is 3. The Balaban J connectivity index is 1.95. The molecule has 0 amide bonds. The lowest BCUT2D eigenvalue weighted by Gasteiger charge is -2.09. The molecule has 0 aliphatic heterocycles. The van der Waals surface area contributed by atoms with Crippen LogP contribution in [0.4, 0.5) is 0 Å². The molecule has 1 N–H and O–H groups in total. The van der Waals surface area contributed by atoms with Crippen molar-refractivity contribution in [3.8, 4) is 17.2 Å². The molecule has 0 radical (unpaired) electrons. The molecule has 0 aliphatic rings. The summed E-state index contributed by atoms with van der Waals surface area (Å²) in [7, 11) is 4.75. The Bertz CT molecular complexity index is 1170. The molecule has 33 heavy (non-hydrogen) atoms. The van der Waals surface area contributed by atoms with Gasteiger partial charge in [0.1, 0.15) is 23.0 Å². The number of rotatable bonds is 9. The van der Waals surface area contributed by atoms with Crippen LogP contribution in [0.25, 0.3) is 17.7 Å². The number of carbonyl (C=O) groups is 1. The molecule has 0 atom stereocenters. The van der Waals surface area contributed by atoms with Crippen LogP contribution in [0.1, 0.15) is 16.7 Å². The third-order valence-corrected chi connectivity index (χ3v) is 4.95. The standard InChI is InChI=1S/C28H26O5/c1-31-23-13-7-20(8-14-23)11-17-26(29)28(22-5-4-6-25(19-22)33-3)27(30)18-12-21-9-15-24(32-2)16-10-21/h4-19,29H,1-3H3/b17-11+,18-12+,28-26-. The van der Waals surface area contributed by atoms with Crippen LogP contribution < -0.4 is 14.2 Å². The van der Waals surface area contributed by atoms with Crippen molar-refractivity contribution in [2.75, 3.05) is 21.3 Å². The van der Waals surface area contributed by atoms with Crippen LogP contribution in [0, 0.1) is 0 Å². The van der Waals surface area contributed by atoms with Crippen molar-refractivity contribution in [2.24, 2.45) is 0 Å². The van der Waals surface area contributed by atoms with Crippen LogP contribution in [-0.2, 0) is 4.79 Å². The predicted octanol–water partition coefficient (Wildman–Crippen LogP) is 5.98. The summed E-state index contributed by atoms with van der Waals surface area (Å²) in [5, 5.41) is 10.9. The lowest BCUT2D eigenvalue weighted by Crippen LogP contribution is -2.02. The first-order valence-corrected chi connectivity index (χ1v) is 10.3. The summed E-state index contributed by atoms with van der Waals surface area (Å²) in [5.74, 6) is 1.57. The third-order valence-electron chi connectivity index (χ3n) is 4.95. The van der Waals surface area contributed by atoms with E-state index in [2.05, 4.69) is 0 Å². The van der Waals surface area contributed by atoms with Crippen molar-refractivity contribution >= 4 is 23.5 Å². The van der Waals surface area contributed by atoms with E-state index < -0.39 is 0 Å². The van der Waals surface area contributed by atoms with Crippen LogP contribution in [0.2, 0.25) is 0 Å². The highest BCUT2D eigenvalue weighted by Gasteiger charge is 2.15. The number of ketones is 1. The van der Waals surface area contributed by atoms with Gasteiger partial charge in [-0.1, -0.05) is 48.6 Å². The van der Waals surface area contributed by atoms with Gasteiger partial charge < -0.3 is 19.3 Å². The fourth-order valence-corrected chi connectivity index (χ4v) is 3.14. The zero-order valence-electron chi connectivity index (χ0n) is 18.8. The van der Waals surface area contributed by atoms with Crippen LogP contribution in [0.15, 0.2) is 90.7 Å². The zero-order valence-corrected chi connectivity index (χ0v) is 18.8. The van der Waals surface area contributed by atoms with Gasteiger partial charge >= 0.3 is 0 Å². The van der Waals surface area contributed by atoms with Gasteiger partial charge in [-0.3, -0.25) is 4.79 Å². The molecule has 0 spiro atoms. The number of hydrogen-bond acceptors (Lipinski definition) is 5. The summed E-state index contributed by atoms with van der Waals surface area (Å²) in [5.41, 5.74) is 2.41. The second kappa shape index (κ2) is 11.4. The molecule has 3 aromatic rings. The monoisotopic (exact) mass is 442 g/mol. The van der Waals surface area contributed by atoms with Gasteiger partial charge in [0.05, 0.1) is 26.9 Å². The van der Waals surface area contributed by atoms with E-state index in [1.807, 2.05) is 48.5 Å². The number of benzene rings is 3. The highest BCUT2D eigenvalue weighted by Crippen LogP contribution is 2.25. The van der Waals surface area contributed by atoms with Crippen LogP contribution >= 0.6 is 0 Å². The number of allylic oxidation sites excluding steroid dienone is 3. The Morgan fingerprint density at radius 1 is 0.697 bits per heavy atom. The summed E-state index contributed by atoms with van der Waals surface area (Å²) in [4.78, 5) is 13.2. The number of aliphatic hydroxyl groups is 1. The van der Waals surface area contributed by atoms with Crippen LogP contribution in [-0.4, -0.2) is 32.2 Å². The molecular formula is C28H26O5. The van der Waals surface area contributed by atoms with Gasteiger partial charge in [-0.25, -0.2) is 0 Å². The van der Waals surface area contributed by atoms with Crippen molar-refractivity contribution in [3.63, 3.8) is 0 Å². The van der Waals surface area contributed by atoms with E-state index in [0.29, 0.717) is 11.3 Å². The van der Waals surface area contributed by atoms with Gasteiger partial charge in [0.2, 0.25) is 0 Å². The molecule has 0 unspecified atom stereocenters. The Labute approximate surface area is 193 Å². The number of hydrogen-bond donors (Lipinski definition) is 1. The quantitative estimate of drug-likeness (QED) is 0.251. The molecule has 0 bridgehead atoms. The molecule has 5 heteroatoms. The molecular weight excluding hydrogens is 416 g/mol. The lowest BCUT2D eigenvalue weighted by molar-refractivity contribution is -0.109. The molecule has 0 aromatic heterocycles. The fraction of sp³-hybridized carbons (Fsp3) is 0.107. The van der Waals surface area contributed by atoms with Crippen molar-refractivity contribution < 1.29 is 24.1 Å². The molecule has 0 aliphatic carbocycles. The summed E-state index contributed by atoms with van der Waals surface area (Å²) >= 11 is 0. The largest absolute Gasteiger partial charge is 0.507 e. The van der Waals surface area contributed by atoms with E-state index in [1.54, 1.807) is 57.7 Å². The molecule has 0 saturated heterocycles. The first-order valence-electron chi connectivity index (χ1n) is 10.3. The van der Waals surface area contributed by atoms with Crippen molar-refractivity contribution in [1.82, 2.24) is 0 Å². The van der Waals surface area contributed by atoms with Gasteiger partial charge in [0, 0.05) is 0 Å². The van der Waals surface area contributed by atoms with Crippen molar-refractivity contribution in [1.29, 1.82) is 0 Å².